The van der Waals surface area contributed by atoms with Crippen LogP contribution in [0.15, 0.2) is 48.9 Å². The molecule has 4 nitrogen and oxygen atoms in total. The molecule has 0 saturated carbocycles. The Morgan fingerprint density at radius 2 is 2.00 bits per heavy atom. The molecule has 0 unspecified atom stereocenters. The topological polar surface area (TPSA) is 39.9 Å². The van der Waals surface area contributed by atoms with Crippen LogP contribution in [0, 0.1) is 0 Å². The van der Waals surface area contributed by atoms with Crippen molar-refractivity contribution < 1.29 is 4.74 Å². The summed E-state index contributed by atoms with van der Waals surface area (Å²) < 4.78 is 7.65. The maximum Gasteiger partial charge on any atom is 0.147 e. The molecular weight excluding hydrogens is 238 g/mol. The first-order valence-electron chi connectivity index (χ1n) is 6.34. The third kappa shape index (κ3) is 2.42. The molecule has 4 heteroatoms. The lowest BCUT2D eigenvalue weighted by atomic mass is 10.2. The largest absolute Gasteiger partial charge is 0.494 e. The van der Waals surface area contributed by atoms with Crippen LogP contribution in [-0.4, -0.2) is 21.1 Å². The fraction of sp³-hybridized carbons (Fsp3) is 0.200. The monoisotopic (exact) mass is 253 g/mol. The van der Waals surface area contributed by atoms with Gasteiger partial charge in [-0.05, 0) is 37.3 Å². The molecule has 2 aromatic heterocycles. The van der Waals surface area contributed by atoms with E-state index in [1.807, 2.05) is 19.1 Å². The average Bonchev–Trinajstić information content (AvgIpc) is 2.83. The highest BCUT2D eigenvalue weighted by molar-refractivity contribution is 5.81. The van der Waals surface area contributed by atoms with Gasteiger partial charge in [-0.15, -0.1) is 0 Å². The zero-order valence-corrected chi connectivity index (χ0v) is 10.8. The van der Waals surface area contributed by atoms with Crippen LogP contribution in [0.4, 0.5) is 0 Å². The van der Waals surface area contributed by atoms with E-state index in [4.69, 9.17) is 4.74 Å². The second-order valence-electron chi connectivity index (χ2n) is 4.26. The Morgan fingerprint density at radius 3 is 2.79 bits per heavy atom. The maximum absolute atomic E-state index is 5.51. The van der Waals surface area contributed by atoms with Gasteiger partial charge in [0.25, 0.3) is 0 Å². The van der Waals surface area contributed by atoms with Gasteiger partial charge in [0, 0.05) is 29.5 Å². The highest BCUT2D eigenvalue weighted by atomic mass is 16.5. The van der Waals surface area contributed by atoms with Gasteiger partial charge in [0.15, 0.2) is 0 Å². The Labute approximate surface area is 111 Å². The minimum atomic E-state index is 0.679. The molecule has 2 heterocycles. The van der Waals surface area contributed by atoms with Crippen molar-refractivity contribution in [1.82, 2.24) is 14.5 Å². The number of rotatable bonds is 4. The summed E-state index contributed by atoms with van der Waals surface area (Å²) in [6, 6.07) is 10.0. The summed E-state index contributed by atoms with van der Waals surface area (Å²) in [5, 5.41) is 1.17. The molecule has 0 aliphatic rings. The molecule has 0 bridgehead atoms. The van der Waals surface area contributed by atoms with E-state index in [9.17, 15) is 0 Å². The molecule has 0 fully saturated rings. The van der Waals surface area contributed by atoms with Gasteiger partial charge in [-0.1, -0.05) is 0 Å². The number of hydrogen-bond acceptors (Lipinski definition) is 3. The van der Waals surface area contributed by atoms with E-state index in [0.29, 0.717) is 13.2 Å². The minimum Gasteiger partial charge on any atom is -0.494 e. The Balaban J connectivity index is 1.93. The first kappa shape index (κ1) is 11.7. The first-order valence-corrected chi connectivity index (χ1v) is 6.34. The molecule has 0 spiro atoms. The van der Waals surface area contributed by atoms with Crippen molar-refractivity contribution in [3.8, 4) is 5.75 Å². The molecule has 0 radical (unpaired) electrons. The van der Waals surface area contributed by atoms with Crippen LogP contribution in [0.3, 0.4) is 0 Å². The fourth-order valence-electron chi connectivity index (χ4n) is 2.14. The van der Waals surface area contributed by atoms with Crippen molar-refractivity contribution in [2.45, 2.75) is 13.5 Å². The number of hydrogen-bond donors (Lipinski definition) is 0. The van der Waals surface area contributed by atoms with Crippen LogP contribution in [0.5, 0.6) is 5.75 Å². The molecule has 3 rings (SSSR count). The van der Waals surface area contributed by atoms with Crippen LogP contribution in [0.25, 0.3) is 10.9 Å². The van der Waals surface area contributed by atoms with Crippen molar-refractivity contribution in [1.29, 1.82) is 0 Å². The van der Waals surface area contributed by atoms with Crippen molar-refractivity contribution in [3.05, 3.63) is 54.7 Å². The molecule has 0 atom stereocenters. The van der Waals surface area contributed by atoms with Gasteiger partial charge in [-0.25, -0.2) is 9.97 Å². The average molecular weight is 253 g/mol. The Hall–Kier alpha value is -2.36. The summed E-state index contributed by atoms with van der Waals surface area (Å²) in [6.45, 7) is 3.35. The summed E-state index contributed by atoms with van der Waals surface area (Å²) >= 11 is 0. The second-order valence-corrected chi connectivity index (χ2v) is 4.26. The van der Waals surface area contributed by atoms with Crippen molar-refractivity contribution >= 4 is 10.9 Å². The minimum absolute atomic E-state index is 0.679. The number of benzene rings is 1. The van der Waals surface area contributed by atoms with Gasteiger partial charge >= 0.3 is 0 Å². The SMILES string of the molecule is CCOc1ccc2c(ccn2Cc2ncccn2)c1. The third-order valence-electron chi connectivity index (χ3n) is 2.98. The molecule has 96 valence electrons. The van der Waals surface area contributed by atoms with Gasteiger partial charge in [0.05, 0.1) is 13.2 Å². The zero-order valence-electron chi connectivity index (χ0n) is 10.8. The maximum atomic E-state index is 5.51. The molecule has 0 N–H and O–H groups in total. The van der Waals surface area contributed by atoms with Gasteiger partial charge < -0.3 is 9.30 Å². The fourth-order valence-corrected chi connectivity index (χ4v) is 2.14. The smallest absolute Gasteiger partial charge is 0.147 e. The van der Waals surface area contributed by atoms with Gasteiger partial charge in [0.2, 0.25) is 0 Å². The molecule has 0 amide bonds. The Kier molecular flexibility index (Phi) is 3.14. The van der Waals surface area contributed by atoms with Crippen molar-refractivity contribution in [2.24, 2.45) is 0 Å². The summed E-state index contributed by atoms with van der Waals surface area (Å²) in [5.41, 5.74) is 1.16. The molecule has 3 aromatic rings. The number of aromatic nitrogens is 3. The zero-order chi connectivity index (χ0) is 13.1. The Morgan fingerprint density at radius 1 is 1.16 bits per heavy atom. The first-order chi connectivity index (χ1) is 9.36. The number of fused-ring (bicyclic) bond motifs is 1. The molecule has 0 aliphatic carbocycles. The van der Waals surface area contributed by atoms with Gasteiger partial charge in [0.1, 0.15) is 11.6 Å². The van der Waals surface area contributed by atoms with E-state index in [0.717, 1.165) is 17.1 Å². The van der Waals surface area contributed by atoms with E-state index < -0.39 is 0 Å². The van der Waals surface area contributed by atoms with Crippen molar-refractivity contribution in [2.75, 3.05) is 6.61 Å². The lowest BCUT2D eigenvalue weighted by molar-refractivity contribution is 0.340. The van der Waals surface area contributed by atoms with Gasteiger partial charge in [-0.2, -0.15) is 0 Å². The highest BCUT2D eigenvalue weighted by Gasteiger charge is 2.04. The Bertz CT molecular complexity index is 676. The summed E-state index contributed by atoms with van der Waals surface area (Å²) in [4.78, 5) is 8.50. The third-order valence-corrected chi connectivity index (χ3v) is 2.98. The summed E-state index contributed by atoms with van der Waals surface area (Å²) in [5.74, 6) is 1.72. The van der Waals surface area contributed by atoms with Crippen LogP contribution >= 0.6 is 0 Å². The lowest BCUT2D eigenvalue weighted by Crippen LogP contribution is -2.02. The van der Waals surface area contributed by atoms with Gasteiger partial charge in [-0.3, -0.25) is 0 Å². The quantitative estimate of drug-likeness (QED) is 0.717. The van der Waals surface area contributed by atoms with Crippen LogP contribution in [0.2, 0.25) is 0 Å². The van der Waals surface area contributed by atoms with E-state index >= 15 is 0 Å². The predicted octanol–water partition coefficient (Wildman–Crippen LogP) is 2.88. The van der Waals surface area contributed by atoms with Crippen molar-refractivity contribution in [3.63, 3.8) is 0 Å². The van der Waals surface area contributed by atoms with Crippen LogP contribution in [-0.2, 0) is 6.54 Å². The molecule has 19 heavy (non-hydrogen) atoms. The predicted molar refractivity (Wildman–Crippen MR) is 74.2 cm³/mol. The van der Waals surface area contributed by atoms with Crippen LogP contribution < -0.4 is 4.74 Å². The van der Waals surface area contributed by atoms with E-state index in [2.05, 4.69) is 38.9 Å². The molecule has 1 aromatic carbocycles. The summed E-state index contributed by atoms with van der Waals surface area (Å²) in [6.07, 6.45) is 5.58. The standard InChI is InChI=1S/C15H15N3O/c1-2-19-13-4-5-14-12(10-13)6-9-18(14)11-15-16-7-3-8-17-15/h3-10H,2,11H2,1H3. The number of nitrogens with zero attached hydrogens (tertiary/aromatic N) is 3. The molecule has 0 saturated heterocycles. The summed E-state index contributed by atoms with van der Waals surface area (Å²) in [7, 11) is 0. The highest BCUT2D eigenvalue weighted by Crippen LogP contribution is 2.22. The van der Waals surface area contributed by atoms with E-state index in [-0.39, 0.29) is 0 Å². The van der Waals surface area contributed by atoms with E-state index in [1.165, 1.54) is 5.39 Å². The number of ether oxygens (including phenoxy) is 1. The van der Waals surface area contributed by atoms with E-state index in [1.54, 1.807) is 12.4 Å². The molecule has 0 aliphatic heterocycles. The normalized spacial score (nSPS) is 10.8. The molecular formula is C15H15N3O. The van der Waals surface area contributed by atoms with Crippen LogP contribution in [0.1, 0.15) is 12.7 Å². The lowest BCUT2D eigenvalue weighted by Gasteiger charge is -2.06. The second kappa shape index (κ2) is 5.10.